The molecular formula is C10H8N4O3. The summed E-state index contributed by atoms with van der Waals surface area (Å²) >= 11 is 0. The molecule has 0 aliphatic heterocycles. The molecule has 0 fully saturated rings. The molecule has 0 saturated heterocycles. The van der Waals surface area contributed by atoms with Crippen LogP contribution in [0.2, 0.25) is 0 Å². The van der Waals surface area contributed by atoms with Crippen molar-refractivity contribution in [3.8, 4) is 17.4 Å². The first kappa shape index (κ1) is 10.9. The predicted octanol–water partition coefficient (Wildman–Crippen LogP) is 0.640. The minimum Gasteiger partial charge on any atom is -0.481 e. The number of carboxylic acids is 1. The third kappa shape index (κ3) is 2.33. The van der Waals surface area contributed by atoms with Crippen molar-refractivity contribution >= 4 is 5.97 Å². The molecule has 0 atom stereocenters. The van der Waals surface area contributed by atoms with Crippen LogP contribution in [-0.2, 0) is 0 Å². The SMILES string of the molecule is COc1cc(-c2ncc(C(=O)O)cn2)ncn1. The number of carboxylic acid groups (broad SMARTS) is 1. The van der Waals surface area contributed by atoms with E-state index in [-0.39, 0.29) is 5.56 Å². The number of hydrogen-bond donors (Lipinski definition) is 1. The number of nitrogens with zero attached hydrogens (tertiary/aromatic N) is 4. The molecule has 17 heavy (non-hydrogen) atoms. The van der Waals surface area contributed by atoms with Gasteiger partial charge in [-0.25, -0.2) is 24.7 Å². The number of aromatic carboxylic acids is 1. The van der Waals surface area contributed by atoms with Gasteiger partial charge in [0.2, 0.25) is 5.88 Å². The average molecular weight is 232 g/mol. The van der Waals surface area contributed by atoms with Gasteiger partial charge in [-0.05, 0) is 0 Å². The highest BCUT2D eigenvalue weighted by Crippen LogP contribution is 2.15. The highest BCUT2D eigenvalue weighted by atomic mass is 16.5. The maximum atomic E-state index is 10.6. The topological polar surface area (TPSA) is 98.1 Å². The van der Waals surface area contributed by atoms with Crippen molar-refractivity contribution in [1.82, 2.24) is 19.9 Å². The Morgan fingerprint density at radius 3 is 2.53 bits per heavy atom. The standard InChI is InChI=1S/C10H8N4O3/c1-17-8-2-7(13-5-14-8)9-11-3-6(4-12-9)10(15)16/h2-5H,1H3,(H,15,16). The van der Waals surface area contributed by atoms with Crippen molar-refractivity contribution < 1.29 is 14.6 Å². The summed E-state index contributed by atoms with van der Waals surface area (Å²) in [6.07, 6.45) is 3.77. The van der Waals surface area contributed by atoms with Crippen molar-refractivity contribution in [2.45, 2.75) is 0 Å². The van der Waals surface area contributed by atoms with Crippen LogP contribution in [0.1, 0.15) is 10.4 Å². The third-order valence-electron chi connectivity index (χ3n) is 1.98. The summed E-state index contributed by atoms with van der Waals surface area (Å²) < 4.78 is 4.94. The van der Waals surface area contributed by atoms with E-state index in [0.29, 0.717) is 17.4 Å². The fourth-order valence-electron chi connectivity index (χ4n) is 1.14. The zero-order chi connectivity index (χ0) is 12.3. The summed E-state index contributed by atoms with van der Waals surface area (Å²) in [5, 5.41) is 8.70. The first-order valence-electron chi connectivity index (χ1n) is 4.62. The summed E-state index contributed by atoms with van der Waals surface area (Å²) in [7, 11) is 1.49. The molecule has 0 aromatic carbocycles. The average Bonchev–Trinajstić information content (AvgIpc) is 2.39. The van der Waals surface area contributed by atoms with Crippen LogP contribution in [0.5, 0.6) is 5.88 Å². The highest BCUT2D eigenvalue weighted by molar-refractivity contribution is 5.86. The Bertz CT molecular complexity index is 542. The lowest BCUT2D eigenvalue weighted by atomic mass is 10.3. The lowest BCUT2D eigenvalue weighted by Crippen LogP contribution is -2.00. The summed E-state index contributed by atoms with van der Waals surface area (Å²) in [6.45, 7) is 0. The van der Waals surface area contributed by atoms with E-state index in [1.165, 1.54) is 25.8 Å². The van der Waals surface area contributed by atoms with Gasteiger partial charge in [-0.3, -0.25) is 0 Å². The van der Waals surface area contributed by atoms with Crippen molar-refractivity contribution in [2.75, 3.05) is 7.11 Å². The van der Waals surface area contributed by atoms with Gasteiger partial charge >= 0.3 is 5.97 Å². The molecule has 2 aromatic rings. The Labute approximate surface area is 96.2 Å². The van der Waals surface area contributed by atoms with Crippen molar-refractivity contribution in [3.05, 3.63) is 30.4 Å². The van der Waals surface area contributed by atoms with Crippen LogP contribution in [0.25, 0.3) is 11.5 Å². The number of ether oxygens (including phenoxy) is 1. The summed E-state index contributed by atoms with van der Waals surface area (Å²) in [4.78, 5) is 26.3. The molecule has 2 heterocycles. The molecule has 0 bridgehead atoms. The van der Waals surface area contributed by atoms with Crippen molar-refractivity contribution in [3.63, 3.8) is 0 Å². The van der Waals surface area contributed by atoms with E-state index in [1.807, 2.05) is 0 Å². The molecule has 1 N–H and O–H groups in total. The van der Waals surface area contributed by atoms with Gasteiger partial charge in [0.25, 0.3) is 0 Å². The molecule has 2 aromatic heterocycles. The fraction of sp³-hybridized carbons (Fsp3) is 0.100. The molecule has 2 rings (SSSR count). The fourth-order valence-corrected chi connectivity index (χ4v) is 1.14. The monoisotopic (exact) mass is 232 g/mol. The molecule has 86 valence electrons. The van der Waals surface area contributed by atoms with Gasteiger partial charge in [0.1, 0.15) is 12.0 Å². The molecule has 0 unspecified atom stereocenters. The first-order valence-corrected chi connectivity index (χ1v) is 4.62. The summed E-state index contributed by atoms with van der Waals surface area (Å²) in [6, 6.07) is 1.57. The number of carbonyl (C=O) groups is 1. The Kier molecular flexibility index (Phi) is 2.91. The van der Waals surface area contributed by atoms with E-state index < -0.39 is 5.97 Å². The minimum absolute atomic E-state index is 0.0229. The Morgan fingerprint density at radius 1 is 1.24 bits per heavy atom. The van der Waals surface area contributed by atoms with Crippen LogP contribution in [-0.4, -0.2) is 38.1 Å². The molecule has 0 spiro atoms. The van der Waals surface area contributed by atoms with Crippen LogP contribution >= 0.6 is 0 Å². The smallest absolute Gasteiger partial charge is 0.338 e. The van der Waals surface area contributed by atoms with Gasteiger partial charge in [-0.2, -0.15) is 0 Å². The first-order chi connectivity index (χ1) is 8.20. The molecule has 0 aliphatic rings. The number of hydrogen-bond acceptors (Lipinski definition) is 6. The maximum absolute atomic E-state index is 10.6. The zero-order valence-electron chi connectivity index (χ0n) is 8.86. The van der Waals surface area contributed by atoms with E-state index in [2.05, 4.69) is 19.9 Å². The van der Waals surface area contributed by atoms with Crippen LogP contribution in [0.3, 0.4) is 0 Å². The summed E-state index contributed by atoms with van der Waals surface area (Å²) in [5.74, 6) is -0.367. The second-order valence-corrected chi connectivity index (χ2v) is 3.05. The molecule has 7 heteroatoms. The van der Waals surface area contributed by atoms with E-state index in [4.69, 9.17) is 9.84 Å². The Morgan fingerprint density at radius 2 is 1.94 bits per heavy atom. The van der Waals surface area contributed by atoms with Gasteiger partial charge in [0, 0.05) is 18.5 Å². The van der Waals surface area contributed by atoms with E-state index in [9.17, 15) is 4.79 Å². The second kappa shape index (κ2) is 4.52. The maximum Gasteiger partial charge on any atom is 0.338 e. The molecular weight excluding hydrogens is 224 g/mol. The minimum atomic E-state index is -1.07. The number of aromatic nitrogens is 4. The molecule has 0 amide bonds. The van der Waals surface area contributed by atoms with Gasteiger partial charge in [-0.1, -0.05) is 0 Å². The van der Waals surface area contributed by atoms with E-state index >= 15 is 0 Å². The van der Waals surface area contributed by atoms with Crippen LogP contribution < -0.4 is 4.74 Å². The molecule has 0 radical (unpaired) electrons. The van der Waals surface area contributed by atoms with Gasteiger partial charge in [0.15, 0.2) is 5.82 Å². The van der Waals surface area contributed by atoms with Crippen LogP contribution in [0.15, 0.2) is 24.8 Å². The van der Waals surface area contributed by atoms with Crippen molar-refractivity contribution in [1.29, 1.82) is 0 Å². The van der Waals surface area contributed by atoms with Crippen molar-refractivity contribution in [2.24, 2.45) is 0 Å². The quantitative estimate of drug-likeness (QED) is 0.828. The van der Waals surface area contributed by atoms with Crippen LogP contribution in [0.4, 0.5) is 0 Å². The van der Waals surface area contributed by atoms with E-state index in [1.54, 1.807) is 6.07 Å². The van der Waals surface area contributed by atoms with E-state index in [0.717, 1.165) is 0 Å². The largest absolute Gasteiger partial charge is 0.481 e. The highest BCUT2D eigenvalue weighted by Gasteiger charge is 2.07. The molecule has 0 aliphatic carbocycles. The zero-order valence-corrected chi connectivity index (χ0v) is 8.86. The number of rotatable bonds is 3. The molecule has 7 nitrogen and oxygen atoms in total. The summed E-state index contributed by atoms with van der Waals surface area (Å²) in [5.41, 5.74) is 0.489. The third-order valence-corrected chi connectivity index (χ3v) is 1.98. The molecule has 0 saturated carbocycles. The van der Waals surface area contributed by atoms with Gasteiger partial charge in [0.05, 0.1) is 12.7 Å². The lowest BCUT2D eigenvalue weighted by molar-refractivity contribution is 0.0696. The predicted molar refractivity (Wildman–Crippen MR) is 56.6 cm³/mol. The number of methoxy groups -OCH3 is 1. The normalized spacial score (nSPS) is 9.94. The van der Waals surface area contributed by atoms with Crippen LogP contribution in [0, 0.1) is 0 Å². The Balaban J connectivity index is 2.36. The lowest BCUT2D eigenvalue weighted by Gasteiger charge is -2.01. The Hall–Kier alpha value is -2.57. The van der Waals surface area contributed by atoms with Gasteiger partial charge in [-0.15, -0.1) is 0 Å². The van der Waals surface area contributed by atoms with Gasteiger partial charge < -0.3 is 9.84 Å². The second-order valence-electron chi connectivity index (χ2n) is 3.05.